The van der Waals surface area contributed by atoms with Crippen LogP contribution in [0.5, 0.6) is 0 Å². The largest absolute Gasteiger partial charge is 0.478 e. The number of rotatable bonds is 4. The average Bonchev–Trinajstić information content (AvgIpc) is 2.19. The fourth-order valence-electron chi connectivity index (χ4n) is 1.17. The molecule has 0 atom stereocenters. The molecule has 3 nitrogen and oxygen atoms in total. The van der Waals surface area contributed by atoms with Crippen LogP contribution in [-0.2, 0) is 0 Å². The van der Waals surface area contributed by atoms with E-state index in [2.05, 4.69) is 21.2 Å². The molecule has 16 heavy (non-hydrogen) atoms. The molecule has 0 unspecified atom stereocenters. The van der Waals surface area contributed by atoms with Gasteiger partial charge in [-0.3, -0.25) is 0 Å². The molecule has 5 heteroatoms. The lowest BCUT2D eigenvalue weighted by atomic mass is 10.1. The molecule has 1 aromatic rings. The second-order valence-electron chi connectivity index (χ2n) is 3.87. The number of carbonyl (C=O) groups is 1. The second kappa shape index (κ2) is 5.30. The van der Waals surface area contributed by atoms with Gasteiger partial charge in [-0.15, -0.1) is 0 Å². The predicted octanol–water partition coefficient (Wildman–Crippen LogP) is 3.35. The number of hydrogen-bond acceptors (Lipinski definition) is 2. The number of carboxylic acid groups (broad SMARTS) is 1. The number of aromatic carboxylic acids is 1. The first kappa shape index (κ1) is 13.0. The molecule has 1 rings (SSSR count). The highest BCUT2D eigenvalue weighted by Crippen LogP contribution is 2.27. The van der Waals surface area contributed by atoms with Crippen LogP contribution in [-0.4, -0.2) is 17.6 Å². The summed E-state index contributed by atoms with van der Waals surface area (Å²) in [5.74, 6) is -1.33. The molecule has 0 spiro atoms. The molecule has 0 saturated carbocycles. The highest BCUT2D eigenvalue weighted by Gasteiger charge is 2.15. The van der Waals surface area contributed by atoms with E-state index in [9.17, 15) is 9.18 Å². The number of halogens is 2. The fraction of sp³-hybridized carbons (Fsp3) is 0.364. The van der Waals surface area contributed by atoms with Crippen molar-refractivity contribution in [3.05, 3.63) is 28.0 Å². The van der Waals surface area contributed by atoms with Gasteiger partial charge in [0, 0.05) is 6.54 Å². The highest BCUT2D eigenvalue weighted by atomic mass is 79.9. The molecule has 0 aliphatic carbocycles. The Hall–Kier alpha value is -1.10. The first-order chi connectivity index (χ1) is 7.43. The second-order valence-corrected chi connectivity index (χ2v) is 4.66. The first-order valence-electron chi connectivity index (χ1n) is 4.88. The quantitative estimate of drug-likeness (QED) is 0.894. The molecule has 0 amide bonds. The van der Waals surface area contributed by atoms with Crippen LogP contribution >= 0.6 is 15.9 Å². The van der Waals surface area contributed by atoms with Gasteiger partial charge < -0.3 is 10.4 Å². The lowest BCUT2D eigenvalue weighted by Crippen LogP contribution is -2.10. The third-order valence-electron chi connectivity index (χ3n) is 2.01. The van der Waals surface area contributed by atoms with Crippen molar-refractivity contribution in [2.45, 2.75) is 13.8 Å². The number of nitrogens with one attached hydrogen (secondary N) is 1. The molecule has 0 aromatic heterocycles. The molecule has 1 aromatic carbocycles. The predicted molar refractivity (Wildman–Crippen MR) is 64.4 cm³/mol. The number of anilines is 1. The summed E-state index contributed by atoms with van der Waals surface area (Å²) in [5.41, 5.74) is 0.234. The lowest BCUT2D eigenvalue weighted by Gasteiger charge is -2.11. The van der Waals surface area contributed by atoms with E-state index in [-0.39, 0.29) is 10.0 Å². The van der Waals surface area contributed by atoms with Crippen molar-refractivity contribution in [3.8, 4) is 0 Å². The zero-order valence-corrected chi connectivity index (χ0v) is 10.6. The Morgan fingerprint density at radius 2 is 2.19 bits per heavy atom. The summed E-state index contributed by atoms with van der Waals surface area (Å²) < 4.78 is 13.7. The lowest BCUT2D eigenvalue weighted by molar-refractivity contribution is 0.0695. The molecular formula is C11H13BrFNO2. The van der Waals surface area contributed by atoms with Gasteiger partial charge in [-0.05, 0) is 34.0 Å². The maximum Gasteiger partial charge on any atom is 0.336 e. The minimum atomic E-state index is -1.15. The van der Waals surface area contributed by atoms with Crippen molar-refractivity contribution >= 4 is 27.6 Å². The molecule has 2 N–H and O–H groups in total. The molecule has 0 radical (unpaired) electrons. The average molecular weight is 290 g/mol. The first-order valence-corrected chi connectivity index (χ1v) is 5.68. The molecule has 0 aliphatic heterocycles. The van der Waals surface area contributed by atoms with Gasteiger partial charge in [0.2, 0.25) is 0 Å². The maximum absolute atomic E-state index is 13.7. The summed E-state index contributed by atoms with van der Waals surface area (Å²) in [6, 6.07) is 2.81. The summed E-state index contributed by atoms with van der Waals surface area (Å²) in [6.07, 6.45) is 0. The molecule has 0 fully saturated rings. The third-order valence-corrected chi connectivity index (χ3v) is 2.79. The van der Waals surface area contributed by atoms with Gasteiger partial charge in [0.15, 0.2) is 5.82 Å². The van der Waals surface area contributed by atoms with Gasteiger partial charge in [-0.25, -0.2) is 9.18 Å². The Balaban J connectivity index is 2.98. The van der Waals surface area contributed by atoms with E-state index in [0.717, 1.165) is 0 Å². The molecule has 0 saturated heterocycles. The third kappa shape index (κ3) is 2.95. The van der Waals surface area contributed by atoms with Gasteiger partial charge in [-0.2, -0.15) is 0 Å². The van der Waals surface area contributed by atoms with E-state index < -0.39 is 11.8 Å². The van der Waals surface area contributed by atoms with Crippen LogP contribution in [0.3, 0.4) is 0 Å². The summed E-state index contributed by atoms with van der Waals surface area (Å²) in [5, 5.41) is 11.7. The Morgan fingerprint density at radius 1 is 1.56 bits per heavy atom. The van der Waals surface area contributed by atoms with Gasteiger partial charge in [0.25, 0.3) is 0 Å². The SMILES string of the molecule is CC(C)CNc1ccc(C(=O)O)c(Br)c1F. The molecular weight excluding hydrogens is 277 g/mol. The van der Waals surface area contributed by atoms with Crippen LogP contribution in [0.1, 0.15) is 24.2 Å². The van der Waals surface area contributed by atoms with E-state index in [1.165, 1.54) is 12.1 Å². The van der Waals surface area contributed by atoms with Crippen LogP contribution in [0.2, 0.25) is 0 Å². The van der Waals surface area contributed by atoms with E-state index in [1.54, 1.807) is 0 Å². The minimum Gasteiger partial charge on any atom is -0.478 e. The summed E-state index contributed by atoms with van der Waals surface area (Å²) >= 11 is 2.94. The number of benzene rings is 1. The zero-order chi connectivity index (χ0) is 12.3. The maximum atomic E-state index is 13.7. The Bertz CT molecular complexity index is 407. The van der Waals surface area contributed by atoms with E-state index >= 15 is 0 Å². The topological polar surface area (TPSA) is 49.3 Å². The molecule has 0 bridgehead atoms. The van der Waals surface area contributed by atoms with Crippen LogP contribution in [0.4, 0.5) is 10.1 Å². The summed E-state index contributed by atoms with van der Waals surface area (Å²) in [4.78, 5) is 10.7. The summed E-state index contributed by atoms with van der Waals surface area (Å²) in [6.45, 7) is 4.65. The van der Waals surface area contributed by atoms with Gasteiger partial charge in [0.1, 0.15) is 0 Å². The number of carboxylic acids is 1. The minimum absolute atomic E-state index is 0.0197. The molecule has 88 valence electrons. The smallest absolute Gasteiger partial charge is 0.336 e. The number of hydrogen-bond donors (Lipinski definition) is 2. The van der Waals surface area contributed by atoms with E-state index in [1.807, 2.05) is 13.8 Å². The van der Waals surface area contributed by atoms with Crippen LogP contribution in [0.25, 0.3) is 0 Å². The monoisotopic (exact) mass is 289 g/mol. The van der Waals surface area contributed by atoms with Gasteiger partial charge >= 0.3 is 5.97 Å². The zero-order valence-electron chi connectivity index (χ0n) is 9.05. The van der Waals surface area contributed by atoms with E-state index in [4.69, 9.17) is 5.11 Å². The highest BCUT2D eigenvalue weighted by molar-refractivity contribution is 9.10. The Kier molecular flexibility index (Phi) is 4.29. The van der Waals surface area contributed by atoms with Crippen molar-refractivity contribution in [2.24, 2.45) is 5.92 Å². The normalized spacial score (nSPS) is 10.6. The van der Waals surface area contributed by atoms with Crippen molar-refractivity contribution in [1.82, 2.24) is 0 Å². The van der Waals surface area contributed by atoms with Crippen molar-refractivity contribution in [2.75, 3.05) is 11.9 Å². The van der Waals surface area contributed by atoms with Crippen molar-refractivity contribution in [1.29, 1.82) is 0 Å². The standard InChI is InChI=1S/C11H13BrFNO2/c1-6(2)5-14-8-4-3-7(11(15)16)9(12)10(8)13/h3-4,6,14H,5H2,1-2H3,(H,15,16). The van der Waals surface area contributed by atoms with Crippen molar-refractivity contribution in [3.63, 3.8) is 0 Å². The van der Waals surface area contributed by atoms with Gasteiger partial charge in [0.05, 0.1) is 15.7 Å². The van der Waals surface area contributed by atoms with Gasteiger partial charge in [-0.1, -0.05) is 13.8 Å². The van der Waals surface area contributed by atoms with Crippen LogP contribution in [0, 0.1) is 11.7 Å². The van der Waals surface area contributed by atoms with Crippen molar-refractivity contribution < 1.29 is 14.3 Å². The molecule has 0 aliphatic rings. The van der Waals surface area contributed by atoms with Crippen LogP contribution in [0.15, 0.2) is 16.6 Å². The Labute approximate surface area is 102 Å². The molecule has 0 heterocycles. The summed E-state index contributed by atoms with van der Waals surface area (Å²) in [7, 11) is 0. The van der Waals surface area contributed by atoms with E-state index in [0.29, 0.717) is 18.2 Å². The fourth-order valence-corrected chi connectivity index (χ4v) is 1.68. The van der Waals surface area contributed by atoms with Crippen LogP contribution < -0.4 is 5.32 Å². The Morgan fingerprint density at radius 3 is 2.69 bits per heavy atom.